The van der Waals surface area contributed by atoms with Crippen LogP contribution in [0.15, 0.2) is 4.52 Å². The standard InChI is InChI=1S/C11H19N3O2/c1-8(2)7-9-13-10(16-14-9)11(12)3-5-15-6-4-11/h8H,3-7,12H2,1-2H3. The zero-order chi connectivity index (χ0) is 11.6. The van der Waals surface area contributed by atoms with Crippen molar-refractivity contribution in [1.82, 2.24) is 10.1 Å². The van der Waals surface area contributed by atoms with E-state index < -0.39 is 5.54 Å². The molecule has 0 bridgehead atoms. The van der Waals surface area contributed by atoms with E-state index in [2.05, 4.69) is 24.0 Å². The van der Waals surface area contributed by atoms with Crippen molar-refractivity contribution >= 4 is 0 Å². The first kappa shape index (κ1) is 11.5. The van der Waals surface area contributed by atoms with E-state index >= 15 is 0 Å². The summed E-state index contributed by atoms with van der Waals surface area (Å²) in [6, 6.07) is 0. The average Bonchev–Trinajstić information content (AvgIpc) is 2.67. The third-order valence-corrected chi connectivity index (χ3v) is 2.87. The molecule has 0 unspecified atom stereocenters. The van der Waals surface area contributed by atoms with Gasteiger partial charge in [-0.05, 0) is 18.8 Å². The Morgan fingerprint density at radius 2 is 2.06 bits per heavy atom. The lowest BCUT2D eigenvalue weighted by Gasteiger charge is -2.29. The van der Waals surface area contributed by atoms with Crippen molar-refractivity contribution in [1.29, 1.82) is 0 Å². The van der Waals surface area contributed by atoms with Gasteiger partial charge in [-0.1, -0.05) is 19.0 Å². The van der Waals surface area contributed by atoms with Gasteiger partial charge in [0.1, 0.15) is 5.54 Å². The second-order valence-corrected chi connectivity index (χ2v) is 4.88. The van der Waals surface area contributed by atoms with Crippen LogP contribution < -0.4 is 5.73 Å². The van der Waals surface area contributed by atoms with Crippen molar-refractivity contribution < 1.29 is 9.26 Å². The van der Waals surface area contributed by atoms with Crippen LogP contribution in [0.5, 0.6) is 0 Å². The summed E-state index contributed by atoms with van der Waals surface area (Å²) in [5.74, 6) is 1.83. The first-order valence-electron chi connectivity index (χ1n) is 5.80. The highest BCUT2D eigenvalue weighted by atomic mass is 16.5. The molecule has 16 heavy (non-hydrogen) atoms. The molecule has 1 aliphatic rings. The molecule has 5 nitrogen and oxygen atoms in total. The van der Waals surface area contributed by atoms with Gasteiger partial charge in [-0.25, -0.2) is 0 Å². The molecule has 0 radical (unpaired) electrons. The van der Waals surface area contributed by atoms with Crippen LogP contribution in [0.4, 0.5) is 0 Å². The first-order valence-corrected chi connectivity index (χ1v) is 5.80. The Morgan fingerprint density at radius 3 is 2.69 bits per heavy atom. The summed E-state index contributed by atoms with van der Waals surface area (Å²) in [6.45, 7) is 5.59. The first-order chi connectivity index (χ1) is 7.60. The van der Waals surface area contributed by atoms with Gasteiger partial charge in [0.25, 0.3) is 0 Å². The summed E-state index contributed by atoms with van der Waals surface area (Å²) in [4.78, 5) is 4.39. The highest BCUT2D eigenvalue weighted by Crippen LogP contribution is 2.28. The van der Waals surface area contributed by atoms with Crippen LogP contribution in [0.3, 0.4) is 0 Å². The normalized spacial score (nSPS) is 20.2. The molecule has 1 saturated heterocycles. The minimum Gasteiger partial charge on any atom is -0.381 e. The number of hydrogen-bond donors (Lipinski definition) is 1. The molecule has 1 aromatic heterocycles. The fourth-order valence-electron chi connectivity index (χ4n) is 1.85. The minimum absolute atomic E-state index is 0.486. The molecule has 0 atom stereocenters. The number of hydrogen-bond acceptors (Lipinski definition) is 5. The molecule has 2 N–H and O–H groups in total. The van der Waals surface area contributed by atoms with E-state index in [1.807, 2.05) is 0 Å². The van der Waals surface area contributed by atoms with Gasteiger partial charge < -0.3 is 15.0 Å². The summed E-state index contributed by atoms with van der Waals surface area (Å²) in [6.07, 6.45) is 2.32. The Morgan fingerprint density at radius 1 is 1.38 bits per heavy atom. The molecule has 0 amide bonds. The van der Waals surface area contributed by atoms with Gasteiger partial charge in [0.15, 0.2) is 5.82 Å². The fourth-order valence-corrected chi connectivity index (χ4v) is 1.85. The van der Waals surface area contributed by atoms with Gasteiger partial charge in [0.2, 0.25) is 5.89 Å². The molecule has 1 aliphatic heterocycles. The summed E-state index contributed by atoms with van der Waals surface area (Å²) in [5.41, 5.74) is 5.76. The lowest BCUT2D eigenvalue weighted by molar-refractivity contribution is 0.0400. The molecule has 2 heterocycles. The lowest BCUT2D eigenvalue weighted by atomic mass is 9.91. The van der Waals surface area contributed by atoms with Gasteiger partial charge in [-0.3, -0.25) is 0 Å². The predicted octanol–water partition coefficient (Wildman–Crippen LogP) is 1.23. The monoisotopic (exact) mass is 225 g/mol. The Labute approximate surface area is 95.3 Å². The summed E-state index contributed by atoms with van der Waals surface area (Å²) >= 11 is 0. The summed E-state index contributed by atoms with van der Waals surface area (Å²) in [5, 5.41) is 3.97. The third kappa shape index (κ3) is 2.41. The van der Waals surface area contributed by atoms with E-state index in [-0.39, 0.29) is 0 Å². The molecular weight excluding hydrogens is 206 g/mol. The van der Waals surface area contributed by atoms with Crippen LogP contribution >= 0.6 is 0 Å². The molecule has 0 spiro atoms. The Bertz CT molecular complexity index is 343. The minimum atomic E-state index is -0.486. The van der Waals surface area contributed by atoms with E-state index in [0.717, 1.165) is 25.1 Å². The van der Waals surface area contributed by atoms with Crippen LogP contribution in [-0.4, -0.2) is 23.4 Å². The van der Waals surface area contributed by atoms with Gasteiger partial charge in [-0.2, -0.15) is 4.98 Å². The van der Waals surface area contributed by atoms with Crippen LogP contribution in [0, 0.1) is 5.92 Å². The average molecular weight is 225 g/mol. The maximum Gasteiger partial charge on any atom is 0.246 e. The van der Waals surface area contributed by atoms with Crippen molar-refractivity contribution in [3.63, 3.8) is 0 Å². The number of aromatic nitrogens is 2. The third-order valence-electron chi connectivity index (χ3n) is 2.87. The Balaban J connectivity index is 2.10. The van der Waals surface area contributed by atoms with Crippen molar-refractivity contribution in [3.05, 3.63) is 11.7 Å². The quantitative estimate of drug-likeness (QED) is 0.837. The van der Waals surface area contributed by atoms with E-state index in [1.54, 1.807) is 0 Å². The second kappa shape index (κ2) is 4.51. The number of nitrogens with two attached hydrogens (primary N) is 1. The van der Waals surface area contributed by atoms with E-state index in [9.17, 15) is 0 Å². The van der Waals surface area contributed by atoms with Crippen molar-refractivity contribution in [3.8, 4) is 0 Å². The Kier molecular flexibility index (Phi) is 3.25. The summed E-state index contributed by atoms with van der Waals surface area (Å²) < 4.78 is 10.6. The van der Waals surface area contributed by atoms with Crippen LogP contribution in [-0.2, 0) is 16.7 Å². The highest BCUT2D eigenvalue weighted by molar-refractivity contribution is 5.03. The van der Waals surface area contributed by atoms with E-state index in [1.165, 1.54) is 0 Å². The highest BCUT2D eigenvalue weighted by Gasteiger charge is 2.35. The van der Waals surface area contributed by atoms with Gasteiger partial charge >= 0.3 is 0 Å². The van der Waals surface area contributed by atoms with E-state index in [4.69, 9.17) is 15.0 Å². The zero-order valence-electron chi connectivity index (χ0n) is 9.90. The Hall–Kier alpha value is -0.940. The molecule has 0 aromatic carbocycles. The molecule has 0 aliphatic carbocycles. The van der Waals surface area contributed by atoms with Gasteiger partial charge in [0, 0.05) is 19.6 Å². The number of ether oxygens (including phenoxy) is 1. The molecular formula is C11H19N3O2. The van der Waals surface area contributed by atoms with Gasteiger partial charge in [-0.15, -0.1) is 0 Å². The molecule has 1 fully saturated rings. The van der Waals surface area contributed by atoms with Crippen molar-refractivity contribution in [2.75, 3.05) is 13.2 Å². The second-order valence-electron chi connectivity index (χ2n) is 4.88. The predicted molar refractivity (Wildman–Crippen MR) is 58.8 cm³/mol. The van der Waals surface area contributed by atoms with Gasteiger partial charge in [0.05, 0.1) is 0 Å². The van der Waals surface area contributed by atoms with Crippen molar-refractivity contribution in [2.24, 2.45) is 11.7 Å². The van der Waals surface area contributed by atoms with Crippen molar-refractivity contribution in [2.45, 2.75) is 38.6 Å². The summed E-state index contributed by atoms with van der Waals surface area (Å²) in [7, 11) is 0. The SMILES string of the molecule is CC(C)Cc1noc(C2(N)CCOCC2)n1. The molecule has 0 saturated carbocycles. The molecule has 2 rings (SSSR count). The maximum atomic E-state index is 6.25. The molecule has 90 valence electrons. The lowest BCUT2D eigenvalue weighted by Crippen LogP contribution is -2.42. The molecule has 1 aromatic rings. The number of nitrogens with zero attached hydrogens (tertiary/aromatic N) is 2. The number of rotatable bonds is 3. The van der Waals surface area contributed by atoms with E-state index in [0.29, 0.717) is 25.0 Å². The molecule has 5 heteroatoms. The smallest absolute Gasteiger partial charge is 0.246 e. The van der Waals surface area contributed by atoms with Crippen LogP contribution in [0.2, 0.25) is 0 Å². The maximum absolute atomic E-state index is 6.25. The van der Waals surface area contributed by atoms with Crippen LogP contribution in [0.25, 0.3) is 0 Å². The zero-order valence-corrected chi connectivity index (χ0v) is 9.90. The van der Waals surface area contributed by atoms with Crippen LogP contribution in [0.1, 0.15) is 38.4 Å². The topological polar surface area (TPSA) is 74.2 Å². The fraction of sp³-hybridized carbons (Fsp3) is 0.818. The largest absolute Gasteiger partial charge is 0.381 e.